The van der Waals surface area contributed by atoms with E-state index in [9.17, 15) is 4.79 Å². The molecule has 8 heteroatoms. The van der Waals surface area contributed by atoms with Crippen LogP contribution in [0.4, 0.5) is 5.69 Å². The van der Waals surface area contributed by atoms with Crippen LogP contribution in [0.1, 0.15) is 16.7 Å². The van der Waals surface area contributed by atoms with Crippen LogP contribution in [-0.4, -0.2) is 61.9 Å². The van der Waals surface area contributed by atoms with Gasteiger partial charge in [-0.25, -0.2) is 4.40 Å². The molecule has 0 aromatic heterocycles. The third-order valence-electron chi connectivity index (χ3n) is 5.48. The molecule has 2 heterocycles. The third kappa shape index (κ3) is 5.60. The maximum Gasteiger partial charge on any atom is 0.228 e. The zero-order chi connectivity index (χ0) is 21.8. The van der Waals surface area contributed by atoms with Gasteiger partial charge in [0.25, 0.3) is 0 Å². The van der Waals surface area contributed by atoms with Gasteiger partial charge in [0.1, 0.15) is 0 Å². The number of fused-ring (bicyclic) bond motifs is 1. The average molecular weight is 459 g/mol. The highest BCUT2D eigenvalue weighted by Gasteiger charge is 2.30. The Kier molecular flexibility index (Phi) is 7.17. The molecule has 2 aromatic carbocycles. The summed E-state index contributed by atoms with van der Waals surface area (Å²) < 4.78 is 9.86. The minimum absolute atomic E-state index is 0.0825. The van der Waals surface area contributed by atoms with E-state index in [1.165, 1.54) is 23.1 Å². The van der Waals surface area contributed by atoms with Gasteiger partial charge >= 0.3 is 0 Å². The topological polar surface area (TPSA) is 57.2 Å². The number of anilines is 1. The Labute approximate surface area is 192 Å². The summed E-state index contributed by atoms with van der Waals surface area (Å²) in [6.07, 6.45) is 3.00. The summed E-state index contributed by atoms with van der Waals surface area (Å²) in [5.41, 5.74) is 4.18. The number of amides is 1. The zero-order valence-corrected chi connectivity index (χ0v) is 19.4. The van der Waals surface area contributed by atoms with E-state index in [-0.39, 0.29) is 12.3 Å². The van der Waals surface area contributed by atoms with Crippen molar-refractivity contribution in [2.75, 3.05) is 39.2 Å². The van der Waals surface area contributed by atoms with E-state index in [0.29, 0.717) is 11.1 Å². The van der Waals surface area contributed by atoms with E-state index >= 15 is 0 Å². The lowest BCUT2D eigenvalue weighted by Gasteiger charge is -2.40. The van der Waals surface area contributed by atoms with Gasteiger partial charge in [-0.2, -0.15) is 0 Å². The maximum absolute atomic E-state index is 12.7. The molecule has 2 aromatic rings. The Balaban J connectivity index is 1.55. The molecule has 0 saturated carbocycles. The third-order valence-corrected chi connectivity index (χ3v) is 6.61. The van der Waals surface area contributed by atoms with E-state index < -0.39 is 0 Å². The van der Waals surface area contributed by atoms with Crippen LogP contribution < -0.4 is 5.32 Å². The lowest BCUT2D eigenvalue weighted by atomic mass is 9.97. The second kappa shape index (κ2) is 10.0. The van der Waals surface area contributed by atoms with Crippen LogP contribution in [0.15, 0.2) is 45.7 Å². The quantitative estimate of drug-likeness (QED) is 0.387. The number of nitrogens with zero attached hydrogens (tertiary/aromatic N) is 3. The van der Waals surface area contributed by atoms with Crippen LogP contribution in [0.3, 0.4) is 0 Å². The standard InChI is InChI=1S/C23H27ClN4O2S/c1-27(2)15-25-31-22-11-18(26-23(29)10-16-5-3-4-6-21(16)24)9-17-12-28(8-7-20(17)22)19-13-30-14-19/h3-6,9,11,15,19H,7-8,10,12-14H2,1-2H3,(H,26,29)/b25-15+. The van der Waals surface area contributed by atoms with Crippen molar-refractivity contribution in [2.24, 2.45) is 4.40 Å². The number of rotatable bonds is 7. The highest BCUT2D eigenvalue weighted by atomic mass is 35.5. The van der Waals surface area contributed by atoms with Crippen molar-refractivity contribution in [2.45, 2.75) is 30.3 Å². The first-order chi connectivity index (χ1) is 15.0. The molecular weight excluding hydrogens is 432 g/mol. The average Bonchev–Trinajstić information content (AvgIpc) is 2.68. The van der Waals surface area contributed by atoms with Gasteiger partial charge in [-0.05, 0) is 41.3 Å². The molecule has 0 atom stereocenters. The highest BCUT2D eigenvalue weighted by Crippen LogP contribution is 2.34. The number of hydrogen-bond acceptors (Lipinski definition) is 5. The van der Waals surface area contributed by atoms with Gasteiger partial charge < -0.3 is 15.0 Å². The summed E-state index contributed by atoms with van der Waals surface area (Å²) in [6, 6.07) is 12.1. The first-order valence-corrected chi connectivity index (χ1v) is 11.5. The van der Waals surface area contributed by atoms with Crippen LogP contribution in [0.5, 0.6) is 0 Å². The molecule has 31 heavy (non-hydrogen) atoms. The molecule has 1 saturated heterocycles. The summed E-state index contributed by atoms with van der Waals surface area (Å²) in [7, 11) is 3.90. The Morgan fingerprint density at radius 3 is 2.87 bits per heavy atom. The molecule has 164 valence electrons. The normalized spacial score (nSPS) is 16.7. The molecule has 1 N–H and O–H groups in total. The predicted octanol–water partition coefficient (Wildman–Crippen LogP) is 3.88. The van der Waals surface area contributed by atoms with Gasteiger partial charge in [0.05, 0.1) is 32.0 Å². The molecule has 6 nitrogen and oxygen atoms in total. The van der Waals surface area contributed by atoms with Crippen LogP contribution in [0.2, 0.25) is 5.02 Å². The number of ether oxygens (including phenoxy) is 1. The van der Waals surface area contributed by atoms with Crippen molar-refractivity contribution >= 4 is 41.5 Å². The minimum Gasteiger partial charge on any atom is -0.378 e. The Hall–Kier alpha value is -2.06. The van der Waals surface area contributed by atoms with Crippen LogP contribution in [0, 0.1) is 0 Å². The molecule has 0 aliphatic carbocycles. The molecule has 1 amide bonds. The molecule has 0 radical (unpaired) electrons. The molecule has 0 unspecified atom stereocenters. The fourth-order valence-corrected chi connectivity index (χ4v) is 4.85. The Bertz CT molecular complexity index is 978. The number of carbonyl (C=O) groups is 1. The molecule has 2 aliphatic rings. The first-order valence-electron chi connectivity index (χ1n) is 10.4. The number of benzene rings is 2. The van der Waals surface area contributed by atoms with E-state index in [1.54, 1.807) is 12.4 Å². The predicted molar refractivity (Wildman–Crippen MR) is 127 cm³/mol. The molecule has 2 aliphatic heterocycles. The number of nitrogens with one attached hydrogen (secondary N) is 1. The van der Waals surface area contributed by atoms with Crippen LogP contribution in [-0.2, 0) is 28.9 Å². The van der Waals surface area contributed by atoms with Crippen LogP contribution >= 0.6 is 23.5 Å². The molecular formula is C23H27ClN4O2S. The lowest BCUT2D eigenvalue weighted by Crippen LogP contribution is -2.50. The fraction of sp³-hybridized carbons (Fsp3) is 0.391. The van der Waals surface area contributed by atoms with Gasteiger partial charge in [-0.3, -0.25) is 9.69 Å². The second-order valence-electron chi connectivity index (χ2n) is 8.12. The summed E-state index contributed by atoms with van der Waals surface area (Å²) in [5.74, 6) is -0.0825. The molecule has 1 fully saturated rings. The van der Waals surface area contributed by atoms with E-state index in [0.717, 1.165) is 48.9 Å². The number of carbonyl (C=O) groups excluding carboxylic acids is 1. The van der Waals surface area contributed by atoms with Gasteiger partial charge in [0, 0.05) is 54.7 Å². The SMILES string of the molecule is CN(C)/C=N/Sc1cc(NC(=O)Cc2ccccc2Cl)cc2c1CCN(C1COC1)C2. The van der Waals surface area contributed by atoms with Gasteiger partial charge in [-0.15, -0.1) is 0 Å². The maximum atomic E-state index is 12.7. The minimum atomic E-state index is -0.0825. The highest BCUT2D eigenvalue weighted by molar-refractivity contribution is 7.98. The van der Waals surface area contributed by atoms with E-state index in [2.05, 4.69) is 20.7 Å². The van der Waals surface area contributed by atoms with Crippen molar-refractivity contribution < 1.29 is 9.53 Å². The molecule has 4 rings (SSSR count). The molecule has 0 spiro atoms. The Morgan fingerprint density at radius 2 is 2.16 bits per heavy atom. The van der Waals surface area contributed by atoms with Crippen LogP contribution in [0.25, 0.3) is 0 Å². The molecule has 0 bridgehead atoms. The van der Waals surface area contributed by atoms with Crippen molar-refractivity contribution in [3.63, 3.8) is 0 Å². The Morgan fingerprint density at radius 1 is 1.35 bits per heavy atom. The largest absolute Gasteiger partial charge is 0.378 e. The second-order valence-corrected chi connectivity index (χ2v) is 9.36. The smallest absolute Gasteiger partial charge is 0.228 e. The van der Waals surface area contributed by atoms with Crippen molar-refractivity contribution in [1.29, 1.82) is 0 Å². The first kappa shape index (κ1) is 22.1. The summed E-state index contributed by atoms with van der Waals surface area (Å²) in [5, 5.41) is 3.67. The van der Waals surface area contributed by atoms with Gasteiger partial charge in [0.2, 0.25) is 5.91 Å². The monoisotopic (exact) mass is 458 g/mol. The number of halogens is 1. The van der Waals surface area contributed by atoms with E-state index in [1.807, 2.05) is 43.3 Å². The zero-order valence-electron chi connectivity index (χ0n) is 17.8. The summed E-state index contributed by atoms with van der Waals surface area (Å²) in [6.45, 7) is 3.49. The van der Waals surface area contributed by atoms with Gasteiger partial charge in [0.15, 0.2) is 0 Å². The fourth-order valence-electron chi connectivity index (χ4n) is 3.78. The van der Waals surface area contributed by atoms with Gasteiger partial charge in [-0.1, -0.05) is 29.8 Å². The summed E-state index contributed by atoms with van der Waals surface area (Å²) >= 11 is 7.67. The lowest BCUT2D eigenvalue weighted by molar-refractivity contribution is -0.115. The number of hydrogen-bond donors (Lipinski definition) is 1. The summed E-state index contributed by atoms with van der Waals surface area (Å²) in [4.78, 5) is 18.2. The van der Waals surface area contributed by atoms with Crippen molar-refractivity contribution in [1.82, 2.24) is 9.80 Å². The van der Waals surface area contributed by atoms with Crippen molar-refractivity contribution in [3.8, 4) is 0 Å². The van der Waals surface area contributed by atoms with E-state index in [4.69, 9.17) is 16.3 Å². The van der Waals surface area contributed by atoms with Crippen molar-refractivity contribution in [3.05, 3.63) is 58.1 Å².